The van der Waals surface area contributed by atoms with Crippen LogP contribution in [0.2, 0.25) is 0 Å². The van der Waals surface area contributed by atoms with Gasteiger partial charge in [0.1, 0.15) is 0 Å². The quantitative estimate of drug-likeness (QED) is 0.674. The van der Waals surface area contributed by atoms with Crippen LogP contribution in [0.3, 0.4) is 0 Å². The predicted molar refractivity (Wildman–Crippen MR) is 113 cm³/mol. The fourth-order valence-corrected chi connectivity index (χ4v) is 5.29. The third kappa shape index (κ3) is 3.37. The molecule has 3 aromatic rings. The highest BCUT2D eigenvalue weighted by Crippen LogP contribution is 2.38. The van der Waals surface area contributed by atoms with E-state index in [9.17, 15) is 13.2 Å². The number of carbonyl (C=O) groups is 1. The Labute approximate surface area is 175 Å². The van der Waals surface area contributed by atoms with Crippen molar-refractivity contribution < 1.29 is 13.2 Å². The number of aromatic nitrogens is 2. The number of benzene rings is 2. The summed E-state index contributed by atoms with van der Waals surface area (Å²) in [6.07, 6.45) is 7.51. The number of urea groups is 1. The topological polar surface area (TPSA) is 93.1 Å². The zero-order valence-electron chi connectivity index (χ0n) is 16.4. The van der Waals surface area contributed by atoms with Crippen molar-refractivity contribution in [2.45, 2.75) is 43.6 Å². The average Bonchev–Trinajstić information content (AvgIpc) is 3.48. The molecule has 0 radical (unpaired) electrons. The van der Waals surface area contributed by atoms with Crippen molar-refractivity contribution in [2.24, 2.45) is 0 Å². The van der Waals surface area contributed by atoms with E-state index in [-0.39, 0.29) is 5.03 Å². The Balaban J connectivity index is 1.37. The first-order chi connectivity index (χ1) is 14.5. The van der Waals surface area contributed by atoms with Crippen molar-refractivity contribution in [3.63, 3.8) is 0 Å². The summed E-state index contributed by atoms with van der Waals surface area (Å²) >= 11 is 0. The van der Waals surface area contributed by atoms with E-state index < -0.39 is 16.1 Å². The number of hydrogen-bond acceptors (Lipinski definition) is 4. The SMILES string of the molecule is O=C(Nc1c2c(cc3c1CCC3)CCC2)NS(=O)(=O)c1ccn(-c2ccccc2)n1. The summed E-state index contributed by atoms with van der Waals surface area (Å²) in [5, 5.41) is 6.75. The lowest BCUT2D eigenvalue weighted by molar-refractivity contribution is 0.256. The van der Waals surface area contributed by atoms with E-state index >= 15 is 0 Å². The number of hydrogen-bond donors (Lipinski definition) is 2. The lowest BCUT2D eigenvalue weighted by Crippen LogP contribution is -2.35. The van der Waals surface area contributed by atoms with Crippen LogP contribution < -0.4 is 10.0 Å². The third-order valence-electron chi connectivity index (χ3n) is 5.80. The minimum Gasteiger partial charge on any atom is -0.307 e. The number of fused-ring (bicyclic) bond motifs is 2. The minimum atomic E-state index is -4.09. The second kappa shape index (κ2) is 7.28. The average molecular weight is 423 g/mol. The Hall–Kier alpha value is -3.13. The maximum absolute atomic E-state index is 12.7. The monoisotopic (exact) mass is 422 g/mol. The highest BCUT2D eigenvalue weighted by Gasteiger charge is 2.27. The molecular formula is C22H22N4O3S. The van der Waals surface area contributed by atoms with Gasteiger partial charge < -0.3 is 5.32 Å². The molecule has 5 rings (SSSR count). The Morgan fingerprint density at radius 3 is 2.27 bits per heavy atom. The summed E-state index contributed by atoms with van der Waals surface area (Å²) in [7, 11) is -4.09. The Morgan fingerprint density at radius 1 is 0.933 bits per heavy atom. The molecule has 0 spiro atoms. The number of para-hydroxylation sites is 1. The van der Waals surface area contributed by atoms with Crippen molar-refractivity contribution in [3.8, 4) is 5.69 Å². The van der Waals surface area contributed by atoms with Gasteiger partial charge >= 0.3 is 6.03 Å². The van der Waals surface area contributed by atoms with Crippen molar-refractivity contribution in [1.82, 2.24) is 14.5 Å². The van der Waals surface area contributed by atoms with Crippen LogP contribution in [0.5, 0.6) is 0 Å². The van der Waals surface area contributed by atoms with Crippen LogP contribution in [0.4, 0.5) is 10.5 Å². The van der Waals surface area contributed by atoms with Gasteiger partial charge in [-0.1, -0.05) is 24.3 Å². The van der Waals surface area contributed by atoms with Gasteiger partial charge in [0, 0.05) is 11.9 Å². The lowest BCUT2D eigenvalue weighted by atomic mass is 9.99. The molecule has 2 amide bonds. The zero-order chi connectivity index (χ0) is 20.7. The summed E-state index contributed by atoms with van der Waals surface area (Å²) < 4.78 is 29.0. The first-order valence-electron chi connectivity index (χ1n) is 10.1. The van der Waals surface area contributed by atoms with Crippen LogP contribution in [0.25, 0.3) is 5.69 Å². The fraction of sp³-hybridized carbons (Fsp3) is 0.273. The van der Waals surface area contributed by atoms with Crippen molar-refractivity contribution in [3.05, 3.63) is 70.9 Å². The standard InChI is InChI=1S/C22H22N4O3S/c27-22(23-21-18-10-4-6-15(18)14-16-7-5-11-19(16)21)25-30(28,29)20-12-13-26(24-20)17-8-2-1-3-9-17/h1-3,8-9,12-14H,4-7,10-11H2,(H2,23,25,27). The number of anilines is 1. The fourth-order valence-electron chi connectivity index (χ4n) is 4.46. The van der Waals surface area contributed by atoms with Crippen LogP contribution in [-0.2, 0) is 35.7 Å². The Morgan fingerprint density at radius 2 is 1.60 bits per heavy atom. The van der Waals surface area contributed by atoms with Crippen molar-refractivity contribution in [2.75, 3.05) is 5.32 Å². The van der Waals surface area contributed by atoms with Crippen LogP contribution >= 0.6 is 0 Å². The molecule has 0 aliphatic heterocycles. The van der Waals surface area contributed by atoms with Gasteiger partial charge in [0.15, 0.2) is 5.03 Å². The second-order valence-electron chi connectivity index (χ2n) is 7.73. The zero-order valence-corrected chi connectivity index (χ0v) is 17.2. The predicted octanol–water partition coefficient (Wildman–Crippen LogP) is 3.36. The molecule has 2 N–H and O–H groups in total. The molecule has 0 atom stereocenters. The van der Waals surface area contributed by atoms with E-state index in [1.165, 1.54) is 21.9 Å². The maximum Gasteiger partial charge on any atom is 0.333 e. The van der Waals surface area contributed by atoms with E-state index in [2.05, 4.69) is 21.2 Å². The number of carbonyl (C=O) groups excluding carboxylic acids is 1. The lowest BCUT2D eigenvalue weighted by Gasteiger charge is -2.16. The maximum atomic E-state index is 12.7. The number of nitrogens with one attached hydrogen (secondary N) is 2. The van der Waals surface area contributed by atoms with Gasteiger partial charge in [-0.05, 0) is 79.0 Å². The van der Waals surface area contributed by atoms with Crippen molar-refractivity contribution in [1.29, 1.82) is 0 Å². The van der Waals surface area contributed by atoms with Gasteiger partial charge in [-0.3, -0.25) is 0 Å². The van der Waals surface area contributed by atoms with Gasteiger partial charge in [0.2, 0.25) is 0 Å². The molecule has 7 nitrogen and oxygen atoms in total. The number of amides is 2. The summed E-state index contributed by atoms with van der Waals surface area (Å²) in [4.78, 5) is 12.6. The van der Waals surface area contributed by atoms with Crippen LogP contribution in [0, 0.1) is 0 Å². The number of sulfonamides is 1. The molecule has 2 aliphatic rings. The molecular weight excluding hydrogens is 400 g/mol. The highest BCUT2D eigenvalue weighted by molar-refractivity contribution is 7.90. The van der Waals surface area contributed by atoms with E-state index in [4.69, 9.17) is 0 Å². The molecule has 0 fully saturated rings. The molecule has 2 aromatic carbocycles. The third-order valence-corrected chi connectivity index (χ3v) is 7.02. The molecule has 8 heteroatoms. The highest BCUT2D eigenvalue weighted by atomic mass is 32.2. The van der Waals surface area contributed by atoms with E-state index in [0.717, 1.165) is 61.0 Å². The molecule has 30 heavy (non-hydrogen) atoms. The van der Waals surface area contributed by atoms with Gasteiger partial charge in [-0.15, -0.1) is 0 Å². The van der Waals surface area contributed by atoms with Gasteiger partial charge in [0.05, 0.1) is 5.69 Å². The normalized spacial score (nSPS) is 14.9. The molecule has 2 aliphatic carbocycles. The van der Waals surface area contributed by atoms with E-state index in [1.54, 1.807) is 6.20 Å². The largest absolute Gasteiger partial charge is 0.333 e. The second-order valence-corrected chi connectivity index (χ2v) is 9.36. The first kappa shape index (κ1) is 18.9. The van der Waals surface area contributed by atoms with Gasteiger partial charge in [0.25, 0.3) is 10.0 Å². The van der Waals surface area contributed by atoms with Gasteiger partial charge in [-0.25, -0.2) is 14.2 Å². The molecule has 1 heterocycles. The molecule has 0 bridgehead atoms. The Kier molecular flexibility index (Phi) is 4.58. The van der Waals surface area contributed by atoms with Crippen LogP contribution in [-0.4, -0.2) is 24.2 Å². The van der Waals surface area contributed by atoms with Crippen LogP contribution in [0.15, 0.2) is 53.7 Å². The summed E-state index contributed by atoms with van der Waals surface area (Å²) in [6, 6.07) is 12.1. The summed E-state index contributed by atoms with van der Waals surface area (Å²) in [5.41, 5.74) is 6.39. The van der Waals surface area contributed by atoms with Crippen molar-refractivity contribution >= 4 is 21.7 Å². The summed E-state index contributed by atoms with van der Waals surface area (Å²) in [5.74, 6) is 0. The molecule has 1 aromatic heterocycles. The minimum absolute atomic E-state index is 0.204. The number of rotatable bonds is 4. The smallest absolute Gasteiger partial charge is 0.307 e. The molecule has 0 unspecified atom stereocenters. The summed E-state index contributed by atoms with van der Waals surface area (Å²) in [6.45, 7) is 0. The van der Waals surface area contributed by atoms with Crippen LogP contribution in [0.1, 0.15) is 35.1 Å². The van der Waals surface area contributed by atoms with E-state index in [0.29, 0.717) is 0 Å². The molecule has 0 saturated heterocycles. The first-order valence-corrected chi connectivity index (χ1v) is 11.6. The Bertz CT molecular complexity index is 1200. The number of aryl methyl sites for hydroxylation is 2. The van der Waals surface area contributed by atoms with Gasteiger partial charge in [-0.2, -0.15) is 13.5 Å². The molecule has 154 valence electrons. The molecule has 0 saturated carbocycles. The number of nitrogens with zero attached hydrogens (tertiary/aromatic N) is 2. The van der Waals surface area contributed by atoms with E-state index in [1.807, 2.05) is 30.3 Å².